The monoisotopic (exact) mass is 232 g/mol. The number of nitrogens with two attached hydrogens (primary N) is 1. The molecule has 16 heavy (non-hydrogen) atoms. The number of esters is 1. The largest absolute Gasteiger partial charge is 0.481 e. The number of amides is 1. The molecule has 0 aliphatic rings. The zero-order valence-electron chi connectivity index (χ0n) is 9.23. The summed E-state index contributed by atoms with van der Waals surface area (Å²) in [5.74, 6) is -2.44. The standard InChI is InChI=1S/C9H16N2O5/c1-3-6(9(15)16-2)11-8(14)5(10)4-7(12)13/h5-6H,3-4,10H2,1-2H3,(H,11,14)(H,12,13)/t5-,6+/m0/s1. The molecule has 0 aromatic rings. The van der Waals surface area contributed by atoms with Gasteiger partial charge in [-0.1, -0.05) is 6.92 Å². The highest BCUT2D eigenvalue weighted by atomic mass is 16.5. The van der Waals surface area contributed by atoms with Gasteiger partial charge in [0, 0.05) is 0 Å². The second-order valence-electron chi connectivity index (χ2n) is 3.20. The van der Waals surface area contributed by atoms with E-state index >= 15 is 0 Å². The topological polar surface area (TPSA) is 119 Å². The second kappa shape index (κ2) is 6.78. The Balaban J connectivity index is 4.29. The minimum Gasteiger partial charge on any atom is -0.481 e. The van der Waals surface area contributed by atoms with Crippen LogP contribution in [0.4, 0.5) is 0 Å². The average molecular weight is 232 g/mol. The summed E-state index contributed by atoms with van der Waals surface area (Å²) in [4.78, 5) is 32.8. The summed E-state index contributed by atoms with van der Waals surface area (Å²) >= 11 is 0. The van der Waals surface area contributed by atoms with Crippen molar-refractivity contribution in [1.29, 1.82) is 0 Å². The fourth-order valence-electron chi connectivity index (χ4n) is 1.03. The molecule has 0 spiro atoms. The maximum atomic E-state index is 11.4. The minimum atomic E-state index is -1.17. The minimum absolute atomic E-state index is 0.345. The van der Waals surface area contributed by atoms with Gasteiger partial charge in [0.2, 0.25) is 5.91 Å². The van der Waals surface area contributed by atoms with Crippen LogP contribution in [-0.4, -0.2) is 42.1 Å². The maximum absolute atomic E-state index is 11.4. The summed E-state index contributed by atoms with van der Waals surface area (Å²) in [7, 11) is 1.20. The average Bonchev–Trinajstić information content (AvgIpc) is 2.23. The van der Waals surface area contributed by atoms with Gasteiger partial charge in [0.05, 0.1) is 19.6 Å². The third-order valence-electron chi connectivity index (χ3n) is 1.94. The molecule has 0 aliphatic heterocycles. The van der Waals surface area contributed by atoms with E-state index in [0.29, 0.717) is 6.42 Å². The molecule has 0 rings (SSSR count). The Bertz CT molecular complexity index is 279. The Kier molecular flexibility index (Phi) is 6.09. The first-order chi connectivity index (χ1) is 7.42. The Morgan fingerprint density at radius 2 is 2.00 bits per heavy atom. The number of ether oxygens (including phenoxy) is 1. The van der Waals surface area contributed by atoms with Crippen molar-refractivity contribution < 1.29 is 24.2 Å². The maximum Gasteiger partial charge on any atom is 0.328 e. The molecule has 7 heteroatoms. The van der Waals surface area contributed by atoms with Crippen molar-refractivity contribution in [1.82, 2.24) is 5.32 Å². The summed E-state index contributed by atoms with van der Waals surface area (Å²) in [6.07, 6.45) is -0.137. The number of carboxylic acid groups (broad SMARTS) is 1. The number of carboxylic acids is 1. The van der Waals surface area contributed by atoms with E-state index in [1.54, 1.807) is 6.92 Å². The normalized spacial score (nSPS) is 13.7. The Morgan fingerprint density at radius 1 is 1.44 bits per heavy atom. The van der Waals surface area contributed by atoms with Crippen molar-refractivity contribution in [3.63, 3.8) is 0 Å². The number of methoxy groups -OCH3 is 1. The molecule has 0 unspecified atom stereocenters. The summed E-state index contributed by atoms with van der Waals surface area (Å²) in [6.45, 7) is 1.69. The lowest BCUT2D eigenvalue weighted by atomic mass is 10.1. The van der Waals surface area contributed by atoms with Gasteiger partial charge in [-0.2, -0.15) is 0 Å². The highest BCUT2D eigenvalue weighted by molar-refractivity contribution is 5.89. The quantitative estimate of drug-likeness (QED) is 0.498. The fourth-order valence-corrected chi connectivity index (χ4v) is 1.03. The van der Waals surface area contributed by atoms with E-state index in [4.69, 9.17) is 10.8 Å². The lowest BCUT2D eigenvalue weighted by molar-refractivity contribution is -0.145. The molecule has 0 heterocycles. The van der Waals surface area contributed by atoms with Gasteiger partial charge >= 0.3 is 11.9 Å². The molecular weight excluding hydrogens is 216 g/mol. The molecular formula is C9H16N2O5. The molecule has 1 amide bonds. The van der Waals surface area contributed by atoms with Gasteiger partial charge in [-0.05, 0) is 6.42 Å². The third-order valence-corrected chi connectivity index (χ3v) is 1.94. The number of hydrogen-bond donors (Lipinski definition) is 3. The zero-order valence-corrected chi connectivity index (χ0v) is 9.23. The summed E-state index contributed by atoms with van der Waals surface area (Å²) in [6, 6.07) is -1.96. The van der Waals surface area contributed by atoms with Crippen LogP contribution < -0.4 is 11.1 Å². The van der Waals surface area contributed by atoms with Crippen molar-refractivity contribution in [2.45, 2.75) is 31.8 Å². The predicted molar refractivity (Wildman–Crippen MR) is 54.5 cm³/mol. The number of hydrogen-bond acceptors (Lipinski definition) is 5. The van der Waals surface area contributed by atoms with E-state index in [2.05, 4.69) is 10.1 Å². The van der Waals surface area contributed by atoms with Crippen LogP contribution in [0.15, 0.2) is 0 Å². The second-order valence-corrected chi connectivity index (χ2v) is 3.20. The molecule has 92 valence electrons. The van der Waals surface area contributed by atoms with Crippen LogP contribution in [0, 0.1) is 0 Å². The van der Waals surface area contributed by atoms with Crippen molar-refractivity contribution in [2.75, 3.05) is 7.11 Å². The van der Waals surface area contributed by atoms with Gasteiger partial charge in [0.25, 0.3) is 0 Å². The summed E-state index contributed by atoms with van der Waals surface area (Å²) in [5, 5.41) is 10.7. The van der Waals surface area contributed by atoms with E-state index < -0.39 is 36.4 Å². The van der Waals surface area contributed by atoms with Crippen LogP contribution in [0.2, 0.25) is 0 Å². The van der Waals surface area contributed by atoms with Crippen molar-refractivity contribution in [3.8, 4) is 0 Å². The molecule has 0 fully saturated rings. The number of carbonyl (C=O) groups excluding carboxylic acids is 2. The SMILES string of the molecule is CC[C@@H](NC(=O)[C@@H](N)CC(=O)O)C(=O)OC. The first kappa shape index (κ1) is 14.4. The highest BCUT2D eigenvalue weighted by Gasteiger charge is 2.23. The van der Waals surface area contributed by atoms with E-state index in [-0.39, 0.29) is 0 Å². The lowest BCUT2D eigenvalue weighted by Crippen LogP contribution is -2.49. The van der Waals surface area contributed by atoms with Crippen molar-refractivity contribution >= 4 is 17.8 Å². The molecule has 0 aliphatic carbocycles. The van der Waals surface area contributed by atoms with Crippen molar-refractivity contribution in [2.24, 2.45) is 5.73 Å². The fraction of sp³-hybridized carbons (Fsp3) is 0.667. The molecule has 0 aromatic carbocycles. The Hall–Kier alpha value is -1.63. The van der Waals surface area contributed by atoms with Gasteiger partial charge in [0.15, 0.2) is 0 Å². The van der Waals surface area contributed by atoms with Gasteiger partial charge < -0.3 is 20.9 Å². The van der Waals surface area contributed by atoms with Gasteiger partial charge in [-0.15, -0.1) is 0 Å². The van der Waals surface area contributed by atoms with Crippen molar-refractivity contribution in [3.05, 3.63) is 0 Å². The Labute approximate surface area is 92.9 Å². The van der Waals surface area contributed by atoms with Gasteiger partial charge in [-0.25, -0.2) is 4.79 Å². The molecule has 0 aromatic heterocycles. The van der Waals surface area contributed by atoms with Crippen LogP contribution in [0.25, 0.3) is 0 Å². The number of nitrogens with one attached hydrogen (secondary N) is 1. The zero-order chi connectivity index (χ0) is 12.7. The third kappa shape index (κ3) is 4.74. The van der Waals surface area contributed by atoms with Crippen LogP contribution in [0.3, 0.4) is 0 Å². The number of aliphatic carboxylic acids is 1. The summed E-state index contributed by atoms with van der Waals surface area (Å²) in [5.41, 5.74) is 5.32. The molecule has 0 saturated carbocycles. The number of carbonyl (C=O) groups is 3. The molecule has 0 radical (unpaired) electrons. The van der Waals surface area contributed by atoms with E-state index in [9.17, 15) is 14.4 Å². The molecule has 0 saturated heterocycles. The smallest absolute Gasteiger partial charge is 0.328 e. The number of rotatable bonds is 6. The Morgan fingerprint density at radius 3 is 2.38 bits per heavy atom. The van der Waals surface area contributed by atoms with Gasteiger partial charge in [-0.3, -0.25) is 9.59 Å². The molecule has 0 bridgehead atoms. The van der Waals surface area contributed by atoms with Crippen LogP contribution in [-0.2, 0) is 19.1 Å². The highest BCUT2D eigenvalue weighted by Crippen LogP contribution is 1.96. The van der Waals surface area contributed by atoms with E-state index in [0.717, 1.165) is 0 Å². The van der Waals surface area contributed by atoms with E-state index in [1.807, 2.05) is 0 Å². The van der Waals surface area contributed by atoms with Crippen LogP contribution >= 0.6 is 0 Å². The van der Waals surface area contributed by atoms with Crippen LogP contribution in [0.5, 0.6) is 0 Å². The summed E-state index contributed by atoms with van der Waals surface area (Å²) < 4.78 is 4.45. The van der Waals surface area contributed by atoms with E-state index in [1.165, 1.54) is 7.11 Å². The first-order valence-corrected chi connectivity index (χ1v) is 4.77. The molecule has 7 nitrogen and oxygen atoms in total. The first-order valence-electron chi connectivity index (χ1n) is 4.77. The molecule has 2 atom stereocenters. The van der Waals surface area contributed by atoms with Gasteiger partial charge in [0.1, 0.15) is 6.04 Å². The lowest BCUT2D eigenvalue weighted by Gasteiger charge is -2.16. The van der Waals surface area contributed by atoms with Crippen LogP contribution in [0.1, 0.15) is 19.8 Å². The predicted octanol–water partition coefficient (Wildman–Crippen LogP) is -1.14. The molecule has 4 N–H and O–H groups in total.